The number of anilines is 3. The summed E-state index contributed by atoms with van der Waals surface area (Å²) in [5.74, 6) is -0.477. The fraction of sp³-hybridized carbons (Fsp3) is 0.360. The lowest BCUT2D eigenvalue weighted by Gasteiger charge is -2.34. The van der Waals surface area contributed by atoms with E-state index in [4.69, 9.17) is 21.8 Å². The lowest BCUT2D eigenvalue weighted by molar-refractivity contribution is -0.130. The summed E-state index contributed by atoms with van der Waals surface area (Å²) in [4.78, 5) is 44.4. The van der Waals surface area contributed by atoms with Crippen LogP contribution in [-0.2, 0) is 9.59 Å². The van der Waals surface area contributed by atoms with Gasteiger partial charge in [0.1, 0.15) is 17.1 Å². The first-order chi connectivity index (χ1) is 16.9. The summed E-state index contributed by atoms with van der Waals surface area (Å²) in [5, 5.41) is 6.59. The maximum absolute atomic E-state index is 13.2. The molecule has 1 aliphatic carbocycles. The molecule has 1 saturated heterocycles. The number of fused-ring (bicyclic) bond motifs is 1. The third-order valence-corrected chi connectivity index (χ3v) is 6.98. The zero-order chi connectivity index (χ0) is 24.5. The van der Waals surface area contributed by atoms with E-state index >= 15 is 0 Å². The first kappa shape index (κ1) is 23.2. The largest absolute Gasteiger partial charge is 0.449 e. The van der Waals surface area contributed by atoms with Gasteiger partial charge in [-0.2, -0.15) is 0 Å². The van der Waals surface area contributed by atoms with Crippen LogP contribution in [0.2, 0.25) is 5.02 Å². The number of nitrogens with zero attached hydrogens (tertiary/aromatic N) is 2. The number of amides is 3. The van der Waals surface area contributed by atoms with E-state index in [0.29, 0.717) is 46.8 Å². The first-order valence-electron chi connectivity index (χ1n) is 11.7. The van der Waals surface area contributed by atoms with Crippen LogP contribution in [0.1, 0.15) is 49.1 Å². The van der Waals surface area contributed by atoms with E-state index in [2.05, 4.69) is 15.6 Å². The van der Waals surface area contributed by atoms with Gasteiger partial charge in [0.25, 0.3) is 5.91 Å². The average Bonchev–Trinajstić information content (AvgIpc) is 3.44. The molecule has 0 bridgehead atoms. The van der Waals surface area contributed by atoms with E-state index in [1.807, 2.05) is 4.90 Å². The minimum Gasteiger partial charge on any atom is -0.449 e. The highest BCUT2D eigenvalue weighted by atomic mass is 35.5. The number of halogens is 1. The van der Waals surface area contributed by atoms with Gasteiger partial charge in [-0.3, -0.25) is 14.4 Å². The number of nitrogens with one attached hydrogen (secondary N) is 2. The van der Waals surface area contributed by atoms with Crippen molar-refractivity contribution in [3.63, 3.8) is 0 Å². The number of likely N-dealkylation sites (tertiary alicyclic amines) is 1. The van der Waals surface area contributed by atoms with Crippen molar-refractivity contribution in [2.24, 2.45) is 5.92 Å². The molecule has 182 valence electrons. The maximum atomic E-state index is 13.2. The number of furan rings is 1. The van der Waals surface area contributed by atoms with Gasteiger partial charge in [-0.25, -0.2) is 4.98 Å². The SMILES string of the molecule is Nc1ccc2oc(C(=O)Nc3ccc(Cl)cn3)c(NC(=O)[C@H]3CC[C@H](N4CCCC4=O)CC3)c2c1. The molecule has 1 aliphatic heterocycles. The number of hydrogen-bond donors (Lipinski definition) is 3. The van der Waals surface area contributed by atoms with Gasteiger partial charge in [0, 0.05) is 42.2 Å². The Bertz CT molecular complexity index is 1280. The molecule has 0 unspecified atom stereocenters. The van der Waals surface area contributed by atoms with Crippen LogP contribution in [-0.4, -0.2) is 40.2 Å². The van der Waals surface area contributed by atoms with Crippen LogP contribution in [0.5, 0.6) is 0 Å². The third kappa shape index (κ3) is 4.81. The number of nitrogens with two attached hydrogens (primary N) is 1. The number of pyridine rings is 1. The lowest BCUT2D eigenvalue weighted by atomic mass is 9.84. The summed E-state index contributed by atoms with van der Waals surface area (Å²) < 4.78 is 5.82. The Kier molecular flexibility index (Phi) is 6.34. The van der Waals surface area contributed by atoms with E-state index in [1.165, 1.54) is 6.20 Å². The Hall–Kier alpha value is -3.59. The van der Waals surface area contributed by atoms with Gasteiger partial charge in [-0.15, -0.1) is 0 Å². The molecule has 3 amide bonds. The maximum Gasteiger partial charge on any atom is 0.294 e. The Labute approximate surface area is 207 Å². The monoisotopic (exact) mass is 495 g/mol. The topological polar surface area (TPSA) is 131 Å². The molecule has 10 heteroatoms. The first-order valence-corrected chi connectivity index (χ1v) is 12.1. The summed E-state index contributed by atoms with van der Waals surface area (Å²) in [5.41, 5.74) is 7.16. The van der Waals surface area contributed by atoms with Crippen molar-refractivity contribution in [2.45, 2.75) is 44.6 Å². The number of aromatic nitrogens is 1. The van der Waals surface area contributed by atoms with Crippen molar-refractivity contribution >= 4 is 57.5 Å². The van der Waals surface area contributed by atoms with Crippen molar-refractivity contribution in [2.75, 3.05) is 22.9 Å². The highest BCUT2D eigenvalue weighted by Gasteiger charge is 2.34. The van der Waals surface area contributed by atoms with Crippen LogP contribution in [0.25, 0.3) is 11.0 Å². The average molecular weight is 496 g/mol. The number of hydrogen-bond acceptors (Lipinski definition) is 6. The molecule has 0 spiro atoms. The summed E-state index contributed by atoms with van der Waals surface area (Å²) in [6.45, 7) is 0.809. The highest BCUT2D eigenvalue weighted by Crippen LogP contribution is 2.35. The minimum atomic E-state index is -0.554. The Morgan fingerprint density at radius 3 is 2.60 bits per heavy atom. The van der Waals surface area contributed by atoms with Gasteiger partial charge in [0.2, 0.25) is 17.6 Å². The quantitative estimate of drug-likeness (QED) is 0.448. The summed E-state index contributed by atoms with van der Waals surface area (Å²) in [6.07, 6.45) is 5.88. The summed E-state index contributed by atoms with van der Waals surface area (Å²) in [7, 11) is 0. The zero-order valence-corrected chi connectivity index (χ0v) is 19.8. The molecule has 1 aromatic carbocycles. The fourth-order valence-corrected chi connectivity index (χ4v) is 5.06. The third-order valence-electron chi connectivity index (χ3n) is 6.75. The van der Waals surface area contributed by atoms with E-state index in [1.54, 1.807) is 30.3 Å². The predicted octanol–water partition coefficient (Wildman–Crippen LogP) is 4.44. The van der Waals surface area contributed by atoms with Gasteiger partial charge in [0.15, 0.2) is 0 Å². The number of carbonyl (C=O) groups excluding carboxylic acids is 3. The van der Waals surface area contributed by atoms with Crippen molar-refractivity contribution in [1.29, 1.82) is 0 Å². The number of benzene rings is 1. The molecule has 2 fully saturated rings. The molecular weight excluding hydrogens is 470 g/mol. The summed E-state index contributed by atoms with van der Waals surface area (Å²) >= 11 is 5.87. The van der Waals surface area contributed by atoms with Gasteiger partial charge in [0.05, 0.1) is 5.02 Å². The second-order valence-corrected chi connectivity index (χ2v) is 9.50. The van der Waals surface area contributed by atoms with Gasteiger partial charge in [-0.1, -0.05) is 11.6 Å². The van der Waals surface area contributed by atoms with Crippen molar-refractivity contribution < 1.29 is 18.8 Å². The molecule has 9 nitrogen and oxygen atoms in total. The lowest BCUT2D eigenvalue weighted by Crippen LogP contribution is -2.40. The molecule has 0 atom stereocenters. The molecule has 3 aromatic rings. The van der Waals surface area contributed by atoms with Crippen molar-refractivity contribution in [3.05, 3.63) is 47.3 Å². The van der Waals surface area contributed by atoms with Gasteiger partial charge in [-0.05, 0) is 62.4 Å². The van der Waals surface area contributed by atoms with Crippen LogP contribution in [0.4, 0.5) is 17.2 Å². The minimum absolute atomic E-state index is 0.0351. The normalized spacial score (nSPS) is 20.3. The van der Waals surface area contributed by atoms with Crippen LogP contribution < -0.4 is 16.4 Å². The fourth-order valence-electron chi connectivity index (χ4n) is 4.95. The molecular formula is C25H26ClN5O4. The van der Waals surface area contributed by atoms with Gasteiger partial charge >= 0.3 is 0 Å². The zero-order valence-electron chi connectivity index (χ0n) is 19.1. The van der Waals surface area contributed by atoms with E-state index in [9.17, 15) is 14.4 Å². The van der Waals surface area contributed by atoms with Crippen LogP contribution in [0, 0.1) is 5.92 Å². The second kappa shape index (κ2) is 9.58. The highest BCUT2D eigenvalue weighted by molar-refractivity contribution is 6.30. The molecule has 5 rings (SSSR count). The molecule has 2 aromatic heterocycles. The standard InChI is InChI=1S/C25H26ClN5O4/c26-15-5-10-20(28-13-15)29-25(34)23-22(18-12-16(27)6-9-19(18)35-23)30-24(33)14-3-7-17(8-4-14)31-11-1-2-21(31)32/h5-6,9-10,12-14,17H,1-4,7-8,11,27H2,(H,30,33)(H,28,29,34)/t14-,17-. The Balaban J connectivity index is 1.34. The smallest absolute Gasteiger partial charge is 0.294 e. The van der Waals surface area contributed by atoms with E-state index in [-0.39, 0.29) is 35.2 Å². The molecule has 35 heavy (non-hydrogen) atoms. The van der Waals surface area contributed by atoms with Crippen molar-refractivity contribution in [1.82, 2.24) is 9.88 Å². The Morgan fingerprint density at radius 1 is 1.11 bits per heavy atom. The molecule has 3 heterocycles. The van der Waals surface area contributed by atoms with E-state index in [0.717, 1.165) is 25.8 Å². The van der Waals surface area contributed by atoms with E-state index < -0.39 is 5.91 Å². The predicted molar refractivity (Wildman–Crippen MR) is 133 cm³/mol. The number of nitrogen functional groups attached to an aromatic ring is 1. The molecule has 4 N–H and O–H groups in total. The molecule has 1 saturated carbocycles. The summed E-state index contributed by atoms with van der Waals surface area (Å²) in [6, 6.07) is 8.39. The van der Waals surface area contributed by atoms with Crippen LogP contribution in [0.15, 0.2) is 40.9 Å². The number of rotatable bonds is 5. The Morgan fingerprint density at radius 2 is 1.91 bits per heavy atom. The van der Waals surface area contributed by atoms with Crippen LogP contribution in [0.3, 0.4) is 0 Å². The molecule has 0 radical (unpaired) electrons. The van der Waals surface area contributed by atoms with Crippen molar-refractivity contribution in [3.8, 4) is 0 Å². The molecule has 2 aliphatic rings. The van der Waals surface area contributed by atoms with Gasteiger partial charge < -0.3 is 25.7 Å². The van der Waals surface area contributed by atoms with Crippen LogP contribution >= 0.6 is 11.6 Å². The second-order valence-electron chi connectivity index (χ2n) is 9.06. The number of carbonyl (C=O) groups is 3.